The molecule has 0 amide bonds. The molecular weight excluding hydrogens is 248 g/mol. The van der Waals surface area contributed by atoms with E-state index in [-0.39, 0.29) is 28.3 Å². The molecule has 0 radical (unpaired) electrons. The lowest BCUT2D eigenvalue weighted by atomic mass is 10.0. The fourth-order valence-electron chi connectivity index (χ4n) is 1.46. The van der Waals surface area contributed by atoms with E-state index in [1.165, 1.54) is 12.1 Å². The molecule has 0 heterocycles. The largest absolute Gasteiger partial charge is 0.481 e. The minimum atomic E-state index is -1.18. The second-order valence-corrected chi connectivity index (χ2v) is 3.44. The van der Waals surface area contributed by atoms with Crippen molar-refractivity contribution in [3.63, 3.8) is 0 Å². The molecule has 17 heavy (non-hydrogen) atoms. The van der Waals surface area contributed by atoms with Crippen LogP contribution in [0.3, 0.4) is 0 Å². The van der Waals surface area contributed by atoms with Crippen LogP contribution in [0.4, 0.5) is 5.69 Å². The summed E-state index contributed by atoms with van der Waals surface area (Å²) < 4.78 is 0. The van der Waals surface area contributed by atoms with Gasteiger partial charge in [0.25, 0.3) is 5.69 Å². The van der Waals surface area contributed by atoms with Gasteiger partial charge in [-0.15, -0.1) is 11.6 Å². The van der Waals surface area contributed by atoms with Crippen LogP contribution in [-0.4, -0.2) is 16.0 Å². The van der Waals surface area contributed by atoms with Gasteiger partial charge in [0.1, 0.15) is 0 Å². The van der Waals surface area contributed by atoms with Crippen LogP contribution in [0.25, 0.3) is 0 Å². The van der Waals surface area contributed by atoms with Crippen LogP contribution in [0.1, 0.15) is 16.7 Å². The van der Waals surface area contributed by atoms with Crippen LogP contribution in [0.15, 0.2) is 12.1 Å². The van der Waals surface area contributed by atoms with Crippen molar-refractivity contribution in [1.29, 1.82) is 5.26 Å². The molecule has 0 unspecified atom stereocenters. The van der Waals surface area contributed by atoms with Gasteiger partial charge in [0.15, 0.2) is 0 Å². The Bertz CT molecular complexity index is 522. The summed E-state index contributed by atoms with van der Waals surface area (Å²) in [6.45, 7) is 0. The van der Waals surface area contributed by atoms with Gasteiger partial charge in [-0.1, -0.05) is 6.07 Å². The molecule has 0 aliphatic carbocycles. The fraction of sp³-hybridized carbons (Fsp3) is 0.200. The van der Waals surface area contributed by atoms with Gasteiger partial charge in [-0.05, 0) is 6.07 Å². The van der Waals surface area contributed by atoms with Gasteiger partial charge in [-0.3, -0.25) is 14.9 Å². The standard InChI is InChI=1S/C10H7ClN2O4/c11-4-8-7(5-12)2-1-6(3-9(14)15)10(8)13(16)17/h1-2H,3-4H2,(H,14,15). The number of nitro benzene ring substituents is 1. The molecule has 1 aromatic rings. The molecule has 0 saturated heterocycles. The molecule has 6 nitrogen and oxygen atoms in total. The van der Waals surface area contributed by atoms with E-state index in [1.807, 2.05) is 0 Å². The topological polar surface area (TPSA) is 104 Å². The van der Waals surface area contributed by atoms with E-state index in [2.05, 4.69) is 0 Å². The Hall–Kier alpha value is -2.13. The van der Waals surface area contributed by atoms with Crippen molar-refractivity contribution in [2.75, 3.05) is 0 Å². The molecule has 7 heteroatoms. The first kappa shape index (κ1) is 12.9. The lowest BCUT2D eigenvalue weighted by Gasteiger charge is -2.05. The van der Waals surface area contributed by atoms with E-state index in [4.69, 9.17) is 22.0 Å². The number of benzene rings is 1. The van der Waals surface area contributed by atoms with Crippen molar-refractivity contribution in [3.8, 4) is 6.07 Å². The summed E-state index contributed by atoms with van der Waals surface area (Å²) in [7, 11) is 0. The quantitative estimate of drug-likeness (QED) is 0.501. The Morgan fingerprint density at radius 3 is 2.65 bits per heavy atom. The summed E-state index contributed by atoms with van der Waals surface area (Å²) in [5.41, 5.74) is -0.211. The first-order valence-corrected chi connectivity index (χ1v) is 5.01. The molecule has 0 fully saturated rings. The number of carboxylic acids is 1. The van der Waals surface area contributed by atoms with Crippen LogP contribution in [-0.2, 0) is 17.1 Å². The average Bonchev–Trinajstić information content (AvgIpc) is 2.26. The summed E-state index contributed by atoms with van der Waals surface area (Å²) in [6.07, 6.45) is -0.480. The predicted molar refractivity (Wildman–Crippen MR) is 58.7 cm³/mol. The minimum Gasteiger partial charge on any atom is -0.481 e. The van der Waals surface area contributed by atoms with Gasteiger partial charge in [0.05, 0.1) is 34.4 Å². The van der Waals surface area contributed by atoms with Gasteiger partial charge in [0.2, 0.25) is 0 Å². The Morgan fingerprint density at radius 2 is 2.24 bits per heavy atom. The van der Waals surface area contributed by atoms with Crippen LogP contribution in [0.2, 0.25) is 0 Å². The molecule has 1 rings (SSSR count). The summed E-state index contributed by atoms with van der Waals surface area (Å²) in [4.78, 5) is 20.8. The predicted octanol–water partition coefficient (Wildman–Crippen LogP) is 1.83. The fourth-order valence-corrected chi connectivity index (χ4v) is 1.73. The number of nitriles is 1. The van der Waals surface area contributed by atoms with Gasteiger partial charge in [-0.2, -0.15) is 5.26 Å². The van der Waals surface area contributed by atoms with Gasteiger partial charge in [-0.25, -0.2) is 0 Å². The monoisotopic (exact) mass is 254 g/mol. The molecule has 0 saturated carbocycles. The summed E-state index contributed by atoms with van der Waals surface area (Å²) in [6, 6.07) is 4.39. The summed E-state index contributed by atoms with van der Waals surface area (Å²) in [5, 5.41) is 28.3. The highest BCUT2D eigenvalue weighted by Crippen LogP contribution is 2.28. The lowest BCUT2D eigenvalue weighted by molar-refractivity contribution is -0.386. The van der Waals surface area contributed by atoms with Crippen molar-refractivity contribution in [2.45, 2.75) is 12.3 Å². The third-order valence-electron chi connectivity index (χ3n) is 2.14. The third kappa shape index (κ3) is 2.71. The van der Waals surface area contributed by atoms with Crippen molar-refractivity contribution in [3.05, 3.63) is 38.9 Å². The zero-order valence-electron chi connectivity index (χ0n) is 8.51. The van der Waals surface area contributed by atoms with Crippen LogP contribution in [0, 0.1) is 21.4 Å². The molecule has 88 valence electrons. The Morgan fingerprint density at radius 1 is 1.59 bits per heavy atom. The Balaban J connectivity index is 3.48. The van der Waals surface area contributed by atoms with Crippen LogP contribution >= 0.6 is 11.6 Å². The Labute approximate surface area is 101 Å². The third-order valence-corrected chi connectivity index (χ3v) is 2.41. The highest BCUT2D eigenvalue weighted by molar-refractivity contribution is 6.17. The number of rotatable bonds is 4. The number of nitrogens with zero attached hydrogens (tertiary/aromatic N) is 2. The molecule has 0 atom stereocenters. The van der Waals surface area contributed by atoms with E-state index in [0.29, 0.717) is 0 Å². The van der Waals surface area contributed by atoms with Gasteiger partial charge < -0.3 is 5.11 Å². The van der Waals surface area contributed by atoms with E-state index in [0.717, 1.165) is 0 Å². The number of halogens is 1. The minimum absolute atomic E-state index is 0.0390. The van der Waals surface area contributed by atoms with Crippen molar-refractivity contribution in [1.82, 2.24) is 0 Å². The number of aliphatic carboxylic acids is 1. The number of carboxylic acid groups (broad SMARTS) is 1. The highest BCUT2D eigenvalue weighted by Gasteiger charge is 2.23. The maximum absolute atomic E-state index is 10.9. The van der Waals surface area contributed by atoms with E-state index in [1.54, 1.807) is 6.07 Å². The van der Waals surface area contributed by atoms with Crippen molar-refractivity contribution >= 4 is 23.3 Å². The summed E-state index contributed by atoms with van der Waals surface area (Å²) >= 11 is 5.57. The molecule has 0 spiro atoms. The molecule has 1 N–H and O–H groups in total. The zero-order chi connectivity index (χ0) is 13.0. The SMILES string of the molecule is N#Cc1ccc(CC(=O)O)c([N+](=O)[O-])c1CCl. The molecule has 0 aliphatic rings. The van der Waals surface area contributed by atoms with Crippen LogP contribution < -0.4 is 0 Å². The number of nitro groups is 1. The second-order valence-electron chi connectivity index (χ2n) is 3.17. The lowest BCUT2D eigenvalue weighted by Crippen LogP contribution is -2.07. The number of hydrogen-bond acceptors (Lipinski definition) is 4. The highest BCUT2D eigenvalue weighted by atomic mass is 35.5. The zero-order valence-corrected chi connectivity index (χ0v) is 9.27. The normalized spacial score (nSPS) is 9.65. The maximum atomic E-state index is 10.9. The molecular formula is C10H7ClN2O4. The van der Waals surface area contributed by atoms with Gasteiger partial charge in [0, 0.05) is 5.56 Å². The maximum Gasteiger partial charge on any atom is 0.308 e. The van der Waals surface area contributed by atoms with Crippen LogP contribution in [0.5, 0.6) is 0 Å². The molecule has 0 aromatic heterocycles. The van der Waals surface area contributed by atoms with Gasteiger partial charge >= 0.3 is 5.97 Å². The number of carbonyl (C=O) groups is 1. The summed E-state index contributed by atoms with van der Waals surface area (Å²) in [5.74, 6) is -1.40. The first-order chi connectivity index (χ1) is 8.01. The number of alkyl halides is 1. The molecule has 0 aliphatic heterocycles. The van der Waals surface area contributed by atoms with Crippen molar-refractivity contribution < 1.29 is 14.8 Å². The second kappa shape index (κ2) is 5.27. The smallest absolute Gasteiger partial charge is 0.308 e. The number of hydrogen-bond donors (Lipinski definition) is 1. The van der Waals surface area contributed by atoms with E-state index in [9.17, 15) is 14.9 Å². The van der Waals surface area contributed by atoms with Crippen molar-refractivity contribution in [2.24, 2.45) is 0 Å². The Kier molecular flexibility index (Phi) is 4.01. The van der Waals surface area contributed by atoms with E-state index < -0.39 is 17.3 Å². The first-order valence-electron chi connectivity index (χ1n) is 4.48. The molecule has 1 aromatic carbocycles. The van der Waals surface area contributed by atoms with E-state index >= 15 is 0 Å². The molecule has 0 bridgehead atoms. The average molecular weight is 255 g/mol.